The van der Waals surface area contributed by atoms with E-state index in [-0.39, 0.29) is 0 Å². The highest BCUT2D eigenvalue weighted by Crippen LogP contribution is 2.18. The Labute approximate surface area is 122 Å². The smallest absolute Gasteiger partial charge is 0.103 e. The Kier molecular flexibility index (Phi) is 4.49. The minimum Gasteiger partial charge on any atom is -0.331 e. The third kappa shape index (κ3) is 3.49. The van der Waals surface area contributed by atoms with E-state index in [0.29, 0.717) is 0 Å². The van der Waals surface area contributed by atoms with Crippen molar-refractivity contribution in [2.75, 3.05) is 13.1 Å². The fourth-order valence-electron chi connectivity index (χ4n) is 3.14. The van der Waals surface area contributed by atoms with Gasteiger partial charge in [0.2, 0.25) is 0 Å². The van der Waals surface area contributed by atoms with E-state index in [1.165, 1.54) is 62.0 Å². The Morgan fingerprint density at radius 1 is 0.650 bits per heavy atom. The first kappa shape index (κ1) is 13.4. The van der Waals surface area contributed by atoms with Gasteiger partial charge < -0.3 is 4.90 Å². The first-order valence-corrected chi connectivity index (χ1v) is 7.90. The topological polar surface area (TPSA) is 4.44 Å². The SMILES string of the molecule is c1ccc(-c2ccc(C[NH+]3CCCCCC3)cc2)cc1. The maximum atomic E-state index is 2.31. The van der Waals surface area contributed by atoms with Crippen LogP contribution in [0.5, 0.6) is 0 Å². The molecule has 1 nitrogen and oxygen atoms in total. The molecular weight excluding hydrogens is 242 g/mol. The van der Waals surface area contributed by atoms with Crippen LogP contribution in [-0.2, 0) is 6.54 Å². The van der Waals surface area contributed by atoms with Crippen LogP contribution in [0.3, 0.4) is 0 Å². The maximum Gasteiger partial charge on any atom is 0.103 e. The van der Waals surface area contributed by atoms with Crippen LogP contribution in [0.2, 0.25) is 0 Å². The Morgan fingerprint density at radius 3 is 1.90 bits per heavy atom. The molecule has 0 radical (unpaired) electrons. The number of nitrogens with one attached hydrogen (secondary N) is 1. The van der Waals surface area contributed by atoms with Crippen LogP contribution >= 0.6 is 0 Å². The predicted octanol–water partition coefficient (Wildman–Crippen LogP) is 3.31. The summed E-state index contributed by atoms with van der Waals surface area (Å²) in [7, 11) is 0. The molecule has 2 aromatic carbocycles. The van der Waals surface area contributed by atoms with E-state index in [9.17, 15) is 0 Å². The van der Waals surface area contributed by atoms with Crippen molar-refractivity contribution in [2.45, 2.75) is 32.2 Å². The van der Waals surface area contributed by atoms with Gasteiger partial charge in [-0.05, 0) is 36.8 Å². The highest BCUT2D eigenvalue weighted by Gasteiger charge is 2.12. The van der Waals surface area contributed by atoms with Gasteiger partial charge in [-0.1, -0.05) is 54.6 Å². The minimum absolute atomic E-state index is 1.19. The first-order valence-electron chi connectivity index (χ1n) is 7.90. The number of likely N-dealkylation sites (tertiary alicyclic amines) is 1. The molecule has 0 amide bonds. The number of hydrogen-bond donors (Lipinski definition) is 1. The van der Waals surface area contributed by atoms with E-state index < -0.39 is 0 Å². The molecule has 104 valence electrons. The monoisotopic (exact) mass is 266 g/mol. The maximum absolute atomic E-state index is 2.31. The van der Waals surface area contributed by atoms with Gasteiger partial charge in [-0.2, -0.15) is 0 Å². The molecule has 3 rings (SSSR count). The molecule has 1 heteroatoms. The fraction of sp³-hybridized carbons (Fsp3) is 0.368. The summed E-state index contributed by atoms with van der Waals surface area (Å²) >= 11 is 0. The summed E-state index contributed by atoms with van der Waals surface area (Å²) in [4.78, 5) is 1.76. The molecule has 1 fully saturated rings. The molecule has 0 atom stereocenters. The Bertz CT molecular complexity index is 507. The van der Waals surface area contributed by atoms with Crippen LogP contribution in [0.25, 0.3) is 11.1 Å². The van der Waals surface area contributed by atoms with Crippen LogP contribution in [0.15, 0.2) is 54.6 Å². The molecular formula is C19H24N+. The average Bonchev–Trinajstić information content (AvgIpc) is 2.78. The van der Waals surface area contributed by atoms with Gasteiger partial charge in [-0.25, -0.2) is 0 Å². The zero-order valence-electron chi connectivity index (χ0n) is 12.1. The van der Waals surface area contributed by atoms with Gasteiger partial charge >= 0.3 is 0 Å². The summed E-state index contributed by atoms with van der Waals surface area (Å²) in [5.41, 5.74) is 4.10. The lowest BCUT2D eigenvalue weighted by atomic mass is 10.0. The lowest BCUT2D eigenvalue weighted by Crippen LogP contribution is -3.10. The van der Waals surface area contributed by atoms with Gasteiger partial charge in [-0.3, -0.25) is 0 Å². The molecule has 1 saturated heterocycles. The van der Waals surface area contributed by atoms with Crippen LogP contribution in [0.1, 0.15) is 31.2 Å². The van der Waals surface area contributed by atoms with Crippen molar-refractivity contribution in [1.29, 1.82) is 0 Å². The lowest BCUT2D eigenvalue weighted by molar-refractivity contribution is -0.913. The number of hydrogen-bond acceptors (Lipinski definition) is 0. The molecule has 0 aliphatic carbocycles. The number of quaternary nitrogens is 1. The summed E-state index contributed by atoms with van der Waals surface area (Å²) < 4.78 is 0. The molecule has 2 aromatic rings. The largest absolute Gasteiger partial charge is 0.331 e. The van der Waals surface area contributed by atoms with Gasteiger partial charge in [-0.15, -0.1) is 0 Å². The summed E-state index contributed by atoms with van der Waals surface area (Å²) in [5.74, 6) is 0. The quantitative estimate of drug-likeness (QED) is 0.869. The molecule has 1 heterocycles. The van der Waals surface area contributed by atoms with Crippen LogP contribution in [0.4, 0.5) is 0 Å². The van der Waals surface area contributed by atoms with Crippen LogP contribution in [0, 0.1) is 0 Å². The lowest BCUT2D eigenvalue weighted by Gasteiger charge is -2.17. The summed E-state index contributed by atoms with van der Waals surface area (Å²) in [6.07, 6.45) is 5.65. The van der Waals surface area contributed by atoms with E-state index >= 15 is 0 Å². The molecule has 1 aliphatic rings. The highest BCUT2D eigenvalue weighted by atomic mass is 15.1. The number of benzene rings is 2. The third-order valence-electron chi connectivity index (χ3n) is 4.33. The molecule has 0 unspecified atom stereocenters. The first-order chi connectivity index (χ1) is 9.92. The van der Waals surface area contributed by atoms with E-state index in [1.54, 1.807) is 4.90 Å². The van der Waals surface area contributed by atoms with Crippen molar-refractivity contribution in [1.82, 2.24) is 0 Å². The van der Waals surface area contributed by atoms with Crippen molar-refractivity contribution in [3.05, 3.63) is 60.2 Å². The minimum atomic E-state index is 1.19. The molecule has 20 heavy (non-hydrogen) atoms. The molecule has 0 bridgehead atoms. The second-order valence-corrected chi connectivity index (χ2v) is 5.90. The Hall–Kier alpha value is -1.60. The van der Waals surface area contributed by atoms with E-state index in [0.717, 1.165) is 0 Å². The predicted molar refractivity (Wildman–Crippen MR) is 84.7 cm³/mol. The molecule has 0 spiro atoms. The van der Waals surface area contributed by atoms with Crippen molar-refractivity contribution >= 4 is 0 Å². The van der Waals surface area contributed by atoms with Crippen molar-refractivity contribution < 1.29 is 4.90 Å². The Balaban J connectivity index is 1.67. The van der Waals surface area contributed by atoms with Gasteiger partial charge in [0.05, 0.1) is 13.1 Å². The van der Waals surface area contributed by atoms with Gasteiger partial charge in [0.15, 0.2) is 0 Å². The second-order valence-electron chi connectivity index (χ2n) is 5.90. The van der Waals surface area contributed by atoms with Crippen LogP contribution in [-0.4, -0.2) is 13.1 Å². The van der Waals surface area contributed by atoms with Gasteiger partial charge in [0.1, 0.15) is 6.54 Å². The third-order valence-corrected chi connectivity index (χ3v) is 4.33. The molecule has 0 aromatic heterocycles. The van der Waals surface area contributed by atoms with Gasteiger partial charge in [0, 0.05) is 5.56 Å². The number of rotatable bonds is 3. The summed E-state index contributed by atoms with van der Waals surface area (Å²) in [5, 5.41) is 0. The van der Waals surface area contributed by atoms with Crippen molar-refractivity contribution in [3.8, 4) is 11.1 Å². The van der Waals surface area contributed by atoms with Crippen LogP contribution < -0.4 is 4.90 Å². The standard InChI is InChI=1S/C19H23N/c1-2-7-15-20(14-6-1)16-17-10-12-19(13-11-17)18-8-4-3-5-9-18/h3-5,8-13H,1-2,6-7,14-16H2/p+1. The van der Waals surface area contributed by atoms with E-state index in [4.69, 9.17) is 0 Å². The molecule has 1 N–H and O–H groups in total. The molecule has 1 aliphatic heterocycles. The van der Waals surface area contributed by atoms with Crippen molar-refractivity contribution in [2.24, 2.45) is 0 Å². The van der Waals surface area contributed by atoms with E-state index in [1.807, 2.05) is 0 Å². The normalized spacial score (nSPS) is 16.8. The Morgan fingerprint density at radius 2 is 1.25 bits per heavy atom. The van der Waals surface area contributed by atoms with E-state index in [2.05, 4.69) is 54.6 Å². The van der Waals surface area contributed by atoms with Gasteiger partial charge in [0.25, 0.3) is 0 Å². The average molecular weight is 266 g/mol. The summed E-state index contributed by atoms with van der Waals surface area (Å²) in [6.45, 7) is 3.88. The van der Waals surface area contributed by atoms with Crippen molar-refractivity contribution in [3.63, 3.8) is 0 Å². The summed E-state index contributed by atoms with van der Waals surface area (Å²) in [6, 6.07) is 19.8. The molecule has 0 saturated carbocycles. The second kappa shape index (κ2) is 6.71. The highest BCUT2D eigenvalue weighted by molar-refractivity contribution is 5.63. The fourth-order valence-corrected chi connectivity index (χ4v) is 3.14. The zero-order valence-corrected chi connectivity index (χ0v) is 12.1. The zero-order chi connectivity index (χ0) is 13.6.